The second-order valence-corrected chi connectivity index (χ2v) is 5.79. The Morgan fingerprint density at radius 2 is 2.17 bits per heavy atom. The minimum absolute atomic E-state index is 0.310. The summed E-state index contributed by atoms with van der Waals surface area (Å²) < 4.78 is 16.0. The second-order valence-electron chi connectivity index (χ2n) is 4.99. The summed E-state index contributed by atoms with van der Waals surface area (Å²) in [5.74, 6) is 1.09. The summed E-state index contributed by atoms with van der Waals surface area (Å²) in [6.07, 6.45) is 3.02. The van der Waals surface area contributed by atoms with Gasteiger partial charge in [-0.25, -0.2) is 24.3 Å². The maximum absolute atomic E-state index is 13.7. The fourth-order valence-corrected chi connectivity index (χ4v) is 3.10. The molecule has 0 unspecified atom stereocenters. The van der Waals surface area contributed by atoms with Gasteiger partial charge in [0.1, 0.15) is 23.5 Å². The summed E-state index contributed by atoms with van der Waals surface area (Å²) in [7, 11) is 1.85. The number of benzene rings is 1. The Bertz CT molecular complexity index is 1020. The predicted octanol–water partition coefficient (Wildman–Crippen LogP) is 2.75. The van der Waals surface area contributed by atoms with Gasteiger partial charge in [-0.1, -0.05) is 0 Å². The molecule has 0 fully saturated rings. The first-order valence-electron chi connectivity index (χ1n) is 6.82. The van der Waals surface area contributed by atoms with Crippen molar-refractivity contribution in [2.75, 3.05) is 5.32 Å². The highest BCUT2D eigenvalue weighted by molar-refractivity contribution is 9.10. The molecule has 0 aliphatic carbocycles. The van der Waals surface area contributed by atoms with Crippen LogP contribution in [-0.2, 0) is 13.6 Å². The van der Waals surface area contributed by atoms with Crippen LogP contribution in [0.15, 0.2) is 29.3 Å². The van der Waals surface area contributed by atoms with E-state index in [-0.39, 0.29) is 5.82 Å². The van der Waals surface area contributed by atoms with E-state index in [1.54, 1.807) is 12.4 Å². The van der Waals surface area contributed by atoms with Crippen molar-refractivity contribution in [3.63, 3.8) is 0 Å². The molecule has 4 aromatic rings. The predicted molar refractivity (Wildman–Crippen MR) is 87.4 cm³/mol. The van der Waals surface area contributed by atoms with Gasteiger partial charge in [-0.3, -0.25) is 0 Å². The smallest absolute Gasteiger partial charge is 0.182 e. The quantitative estimate of drug-likeness (QED) is 0.575. The largest absolute Gasteiger partial charge is 0.361 e. The molecule has 0 aliphatic rings. The van der Waals surface area contributed by atoms with Crippen molar-refractivity contribution < 1.29 is 4.39 Å². The van der Waals surface area contributed by atoms with E-state index in [9.17, 15) is 4.39 Å². The van der Waals surface area contributed by atoms with Crippen molar-refractivity contribution in [2.24, 2.45) is 7.05 Å². The topological polar surface area (TPSA) is 84.3 Å². The molecule has 0 saturated heterocycles. The van der Waals surface area contributed by atoms with Crippen LogP contribution in [-0.4, -0.2) is 29.5 Å². The summed E-state index contributed by atoms with van der Waals surface area (Å²) >= 11 is 3.28. The Kier molecular flexibility index (Phi) is 3.22. The van der Waals surface area contributed by atoms with E-state index >= 15 is 0 Å². The van der Waals surface area contributed by atoms with Crippen molar-refractivity contribution in [2.45, 2.75) is 6.54 Å². The maximum atomic E-state index is 13.7. The molecule has 1 aromatic carbocycles. The molecule has 0 aliphatic heterocycles. The monoisotopic (exact) mass is 375 g/mol. The van der Waals surface area contributed by atoms with Crippen LogP contribution in [0.2, 0.25) is 0 Å². The SMILES string of the molecule is Cn1c(CNc2ncnc3nc[nH]c23)nc2ccc(F)c(Br)c21. The zero-order valence-corrected chi connectivity index (χ0v) is 13.6. The Labute approximate surface area is 138 Å². The number of aryl methyl sites for hydroxylation is 1. The number of hydrogen-bond acceptors (Lipinski definition) is 5. The third kappa shape index (κ3) is 2.24. The second kappa shape index (κ2) is 5.27. The molecule has 2 N–H and O–H groups in total. The molecule has 0 saturated carbocycles. The summed E-state index contributed by atoms with van der Waals surface area (Å²) in [6, 6.07) is 3.06. The van der Waals surface area contributed by atoms with Gasteiger partial charge in [-0.2, -0.15) is 0 Å². The molecule has 4 rings (SSSR count). The van der Waals surface area contributed by atoms with E-state index in [0.29, 0.717) is 22.5 Å². The lowest BCUT2D eigenvalue weighted by Crippen LogP contribution is -2.07. The van der Waals surface area contributed by atoms with Crippen LogP contribution in [0.25, 0.3) is 22.2 Å². The molecule has 0 amide bonds. The fraction of sp³-hybridized carbons (Fsp3) is 0.143. The zero-order valence-electron chi connectivity index (χ0n) is 12.0. The van der Waals surface area contributed by atoms with Crippen LogP contribution in [0.3, 0.4) is 0 Å². The molecule has 7 nitrogen and oxygen atoms in total. The minimum Gasteiger partial charge on any atom is -0.361 e. The van der Waals surface area contributed by atoms with Crippen LogP contribution in [0.5, 0.6) is 0 Å². The lowest BCUT2D eigenvalue weighted by atomic mass is 10.3. The first-order chi connectivity index (χ1) is 11.1. The number of aromatic amines is 1. The summed E-state index contributed by atoms with van der Waals surface area (Å²) in [4.78, 5) is 19.9. The lowest BCUT2D eigenvalue weighted by molar-refractivity contribution is 0.622. The number of rotatable bonds is 3. The van der Waals surface area contributed by atoms with Crippen molar-refractivity contribution >= 4 is 43.9 Å². The highest BCUT2D eigenvalue weighted by atomic mass is 79.9. The summed E-state index contributed by atoms with van der Waals surface area (Å²) in [5, 5.41) is 3.21. The van der Waals surface area contributed by atoms with Crippen molar-refractivity contribution in [3.05, 3.63) is 40.9 Å². The Morgan fingerprint density at radius 3 is 3.04 bits per heavy atom. The van der Waals surface area contributed by atoms with Crippen molar-refractivity contribution in [1.82, 2.24) is 29.5 Å². The van der Waals surface area contributed by atoms with Crippen LogP contribution < -0.4 is 5.32 Å². The highest BCUT2D eigenvalue weighted by Crippen LogP contribution is 2.27. The Balaban J connectivity index is 1.70. The van der Waals surface area contributed by atoms with Gasteiger partial charge in [0.15, 0.2) is 11.5 Å². The van der Waals surface area contributed by atoms with E-state index in [1.807, 2.05) is 11.6 Å². The van der Waals surface area contributed by atoms with Gasteiger partial charge >= 0.3 is 0 Å². The van der Waals surface area contributed by atoms with E-state index in [1.165, 1.54) is 12.4 Å². The van der Waals surface area contributed by atoms with E-state index in [2.05, 4.69) is 46.2 Å². The molecule has 0 spiro atoms. The molecule has 0 radical (unpaired) electrons. The molecule has 3 heterocycles. The molecule has 9 heteroatoms. The number of nitrogens with one attached hydrogen (secondary N) is 2. The minimum atomic E-state index is -0.310. The van der Waals surface area contributed by atoms with Crippen molar-refractivity contribution in [1.29, 1.82) is 0 Å². The van der Waals surface area contributed by atoms with Gasteiger partial charge in [0.05, 0.1) is 28.4 Å². The molecule has 0 atom stereocenters. The average molecular weight is 376 g/mol. The first-order valence-corrected chi connectivity index (χ1v) is 7.61. The van der Waals surface area contributed by atoms with Gasteiger partial charge in [0.2, 0.25) is 0 Å². The van der Waals surface area contributed by atoms with E-state index < -0.39 is 0 Å². The van der Waals surface area contributed by atoms with Crippen LogP contribution in [0, 0.1) is 5.82 Å². The van der Waals surface area contributed by atoms with Gasteiger partial charge in [0.25, 0.3) is 0 Å². The number of imidazole rings is 2. The number of halogens is 2. The van der Waals surface area contributed by atoms with Crippen LogP contribution in [0.1, 0.15) is 5.82 Å². The maximum Gasteiger partial charge on any atom is 0.182 e. The molecule has 23 heavy (non-hydrogen) atoms. The number of fused-ring (bicyclic) bond motifs is 2. The van der Waals surface area contributed by atoms with Gasteiger partial charge < -0.3 is 14.9 Å². The molecule has 116 valence electrons. The third-order valence-electron chi connectivity index (χ3n) is 3.66. The van der Waals surface area contributed by atoms with Gasteiger partial charge in [0, 0.05) is 7.05 Å². The molecule has 0 bridgehead atoms. The van der Waals surface area contributed by atoms with E-state index in [4.69, 9.17) is 0 Å². The molecular weight excluding hydrogens is 365 g/mol. The Morgan fingerprint density at radius 1 is 1.30 bits per heavy atom. The summed E-state index contributed by atoms with van der Waals surface area (Å²) in [5.41, 5.74) is 2.78. The first kappa shape index (κ1) is 14.1. The number of nitrogens with zero attached hydrogens (tertiary/aromatic N) is 5. The molecule has 3 aromatic heterocycles. The standard InChI is InChI=1S/C14H11BrFN7/c1-23-9(22-8-3-2-7(16)10(15)12(8)23)4-17-13-11-14(19-5-18-11)21-6-20-13/h2-3,5-6H,4H2,1H3,(H2,17,18,19,20,21). The third-order valence-corrected chi connectivity index (χ3v) is 4.41. The summed E-state index contributed by atoms with van der Waals surface area (Å²) in [6.45, 7) is 0.435. The Hall–Kier alpha value is -2.55. The number of anilines is 1. The zero-order chi connectivity index (χ0) is 16.0. The molecular formula is C14H11BrFN7. The number of aromatic nitrogens is 6. The van der Waals surface area contributed by atoms with Gasteiger partial charge in [-0.05, 0) is 28.1 Å². The lowest BCUT2D eigenvalue weighted by Gasteiger charge is -2.06. The number of H-pyrrole nitrogens is 1. The average Bonchev–Trinajstić information content (AvgIpc) is 3.14. The van der Waals surface area contributed by atoms with Gasteiger partial charge in [-0.15, -0.1) is 0 Å². The van der Waals surface area contributed by atoms with Crippen LogP contribution >= 0.6 is 15.9 Å². The fourth-order valence-electron chi connectivity index (χ4n) is 2.50. The van der Waals surface area contributed by atoms with E-state index in [0.717, 1.165) is 22.4 Å². The highest BCUT2D eigenvalue weighted by Gasteiger charge is 2.14. The normalized spacial score (nSPS) is 11.4. The number of hydrogen-bond donors (Lipinski definition) is 2. The van der Waals surface area contributed by atoms with Crippen molar-refractivity contribution in [3.8, 4) is 0 Å². The van der Waals surface area contributed by atoms with Crippen LogP contribution in [0.4, 0.5) is 10.2 Å².